The molecular formula is C19H20FN5O. The van der Waals surface area contributed by atoms with Crippen molar-refractivity contribution in [3.05, 3.63) is 59.0 Å². The molecule has 7 heteroatoms. The molecule has 0 bridgehead atoms. The summed E-state index contributed by atoms with van der Waals surface area (Å²) in [5, 5.41) is 2.61. The van der Waals surface area contributed by atoms with Crippen LogP contribution >= 0.6 is 0 Å². The lowest BCUT2D eigenvalue weighted by atomic mass is 10.0. The summed E-state index contributed by atoms with van der Waals surface area (Å²) in [5.74, 6) is 0.0260. The molecule has 2 rings (SSSR count). The number of rotatable bonds is 4. The van der Waals surface area contributed by atoms with Crippen molar-refractivity contribution in [2.45, 2.75) is 20.8 Å². The first-order valence-corrected chi connectivity index (χ1v) is 7.87. The van der Waals surface area contributed by atoms with Crippen LogP contribution in [0.2, 0.25) is 0 Å². The minimum Gasteiger partial charge on any atom is -0.396 e. The van der Waals surface area contributed by atoms with E-state index in [2.05, 4.69) is 27.0 Å². The van der Waals surface area contributed by atoms with E-state index in [-0.39, 0.29) is 11.6 Å². The van der Waals surface area contributed by atoms with E-state index in [1.54, 1.807) is 31.2 Å². The van der Waals surface area contributed by atoms with Crippen LogP contribution in [-0.4, -0.2) is 23.4 Å². The highest BCUT2D eigenvalue weighted by atomic mass is 19.1. The number of nitrogens with two attached hydrogens (primary N) is 1. The maximum Gasteiger partial charge on any atom is 0.222 e. The number of nitrogens with zero attached hydrogens (tertiary/aromatic N) is 3. The van der Waals surface area contributed by atoms with Gasteiger partial charge in [-0.1, -0.05) is 6.08 Å². The van der Waals surface area contributed by atoms with E-state index in [1.807, 2.05) is 6.92 Å². The van der Waals surface area contributed by atoms with Gasteiger partial charge in [0.1, 0.15) is 11.6 Å². The molecule has 3 N–H and O–H groups in total. The molecule has 0 radical (unpaired) electrons. The van der Waals surface area contributed by atoms with Gasteiger partial charge in [0.05, 0.1) is 11.4 Å². The molecule has 0 aliphatic carbocycles. The molecule has 134 valence electrons. The van der Waals surface area contributed by atoms with Crippen molar-refractivity contribution in [1.82, 2.24) is 4.98 Å². The summed E-state index contributed by atoms with van der Waals surface area (Å²) >= 11 is 0. The number of amides is 1. The first-order chi connectivity index (χ1) is 12.3. The Labute approximate surface area is 151 Å². The van der Waals surface area contributed by atoms with Crippen LogP contribution < -0.4 is 11.1 Å². The highest BCUT2D eigenvalue weighted by Crippen LogP contribution is 2.26. The Morgan fingerprint density at radius 2 is 2.12 bits per heavy atom. The fraction of sp³-hybridized carbons (Fsp3) is 0.158. The van der Waals surface area contributed by atoms with Gasteiger partial charge in [0.25, 0.3) is 0 Å². The minimum atomic E-state index is -0.471. The zero-order valence-corrected chi connectivity index (χ0v) is 14.9. The van der Waals surface area contributed by atoms with Crippen LogP contribution in [0.1, 0.15) is 30.5 Å². The lowest BCUT2D eigenvalue weighted by Crippen LogP contribution is -2.08. The average molecular weight is 353 g/mol. The third kappa shape index (κ3) is 4.38. The summed E-state index contributed by atoms with van der Waals surface area (Å²) < 4.78 is 13.6. The molecule has 0 atom stereocenters. The van der Waals surface area contributed by atoms with Gasteiger partial charge in [0.2, 0.25) is 5.91 Å². The molecule has 1 aromatic heterocycles. The number of carbonyl (C=O) groups is 1. The van der Waals surface area contributed by atoms with Gasteiger partial charge in [-0.3, -0.25) is 4.79 Å². The van der Waals surface area contributed by atoms with E-state index < -0.39 is 5.82 Å². The first kappa shape index (κ1) is 19.0. The van der Waals surface area contributed by atoms with E-state index in [0.717, 1.165) is 0 Å². The molecule has 0 aliphatic heterocycles. The molecule has 2 aromatic rings. The van der Waals surface area contributed by atoms with Crippen LogP contribution in [0.5, 0.6) is 0 Å². The van der Waals surface area contributed by atoms with Gasteiger partial charge < -0.3 is 11.1 Å². The van der Waals surface area contributed by atoms with Gasteiger partial charge >= 0.3 is 0 Å². The third-order valence-electron chi connectivity index (χ3n) is 3.59. The molecule has 1 heterocycles. The number of pyridine rings is 1. The molecule has 0 saturated carbocycles. The zero-order valence-electron chi connectivity index (χ0n) is 14.9. The molecular weight excluding hydrogens is 333 g/mol. The second-order valence-corrected chi connectivity index (χ2v) is 5.57. The number of carbonyl (C=O) groups excluding carboxylic acids is 1. The fourth-order valence-electron chi connectivity index (χ4n) is 2.37. The summed E-state index contributed by atoms with van der Waals surface area (Å²) in [4.78, 5) is 23.8. The standard InChI is InChI=1S/C19H20FN5O/c1-5-17(14-10-16(21)15(20)8-11(14)2)25-19(22-4)13-6-7-23-18(9-13)24-12(3)26/h5-10H,4,21H2,1-3H3,(H,23,24,26)/b17-5-,25-19?. The number of allylic oxidation sites excluding steroid dienone is 1. The lowest BCUT2D eigenvalue weighted by Gasteiger charge is -2.10. The Hall–Kier alpha value is -3.35. The molecule has 1 aromatic carbocycles. The van der Waals surface area contributed by atoms with Crippen LogP contribution in [0.3, 0.4) is 0 Å². The second kappa shape index (κ2) is 8.15. The van der Waals surface area contributed by atoms with Gasteiger partial charge in [0, 0.05) is 24.2 Å². The van der Waals surface area contributed by atoms with Crippen molar-refractivity contribution in [1.29, 1.82) is 0 Å². The summed E-state index contributed by atoms with van der Waals surface area (Å²) in [5.41, 5.74) is 8.34. The molecule has 0 saturated heterocycles. The predicted octanol–water partition coefficient (Wildman–Crippen LogP) is 3.58. The molecule has 1 amide bonds. The Balaban J connectivity index is 2.48. The quantitative estimate of drug-likeness (QED) is 0.500. The summed E-state index contributed by atoms with van der Waals surface area (Å²) in [6.07, 6.45) is 3.32. The van der Waals surface area contributed by atoms with Crippen molar-refractivity contribution in [2.24, 2.45) is 9.98 Å². The van der Waals surface area contributed by atoms with Gasteiger partial charge in [-0.2, -0.15) is 0 Å². The Morgan fingerprint density at radius 3 is 2.73 bits per heavy atom. The Morgan fingerprint density at radius 1 is 1.38 bits per heavy atom. The van der Waals surface area contributed by atoms with E-state index in [4.69, 9.17) is 5.73 Å². The number of hydrogen-bond donors (Lipinski definition) is 2. The van der Waals surface area contributed by atoms with Gasteiger partial charge in [0.15, 0.2) is 5.84 Å². The zero-order chi connectivity index (χ0) is 19.3. The number of aliphatic imine (C=N–C) groups is 2. The highest BCUT2D eigenvalue weighted by molar-refractivity contribution is 6.05. The van der Waals surface area contributed by atoms with E-state index in [9.17, 15) is 9.18 Å². The predicted molar refractivity (Wildman–Crippen MR) is 104 cm³/mol. The van der Waals surface area contributed by atoms with E-state index in [1.165, 1.54) is 19.2 Å². The SMILES string of the molecule is C=NC(=N/C(=C\C)c1cc(N)c(F)cc1C)c1ccnc(NC(C)=O)c1. The van der Waals surface area contributed by atoms with Crippen molar-refractivity contribution in [2.75, 3.05) is 11.1 Å². The number of halogens is 1. The molecule has 26 heavy (non-hydrogen) atoms. The second-order valence-electron chi connectivity index (χ2n) is 5.57. The van der Waals surface area contributed by atoms with Crippen LogP contribution in [0.4, 0.5) is 15.9 Å². The smallest absolute Gasteiger partial charge is 0.222 e. The summed E-state index contributed by atoms with van der Waals surface area (Å²) in [6, 6.07) is 6.26. The van der Waals surface area contributed by atoms with E-state index in [0.29, 0.717) is 34.0 Å². The Bertz CT molecular complexity index is 918. The largest absolute Gasteiger partial charge is 0.396 e. The number of anilines is 2. The van der Waals surface area contributed by atoms with Crippen LogP contribution in [0.15, 0.2) is 46.5 Å². The number of aromatic nitrogens is 1. The maximum absolute atomic E-state index is 13.6. The molecule has 0 unspecified atom stereocenters. The molecule has 0 aliphatic rings. The maximum atomic E-state index is 13.6. The number of nitrogens with one attached hydrogen (secondary N) is 1. The molecule has 0 fully saturated rings. The summed E-state index contributed by atoms with van der Waals surface area (Å²) in [6.45, 7) is 8.55. The topological polar surface area (TPSA) is 92.7 Å². The van der Waals surface area contributed by atoms with Crippen LogP contribution in [0.25, 0.3) is 5.70 Å². The Kier molecular flexibility index (Phi) is 5.95. The number of hydrogen-bond acceptors (Lipinski definition) is 4. The van der Waals surface area contributed by atoms with Gasteiger partial charge in [-0.15, -0.1) is 0 Å². The van der Waals surface area contributed by atoms with Crippen molar-refractivity contribution in [3.8, 4) is 0 Å². The van der Waals surface area contributed by atoms with Crippen molar-refractivity contribution in [3.63, 3.8) is 0 Å². The number of benzene rings is 1. The van der Waals surface area contributed by atoms with Gasteiger partial charge in [-0.25, -0.2) is 19.4 Å². The van der Waals surface area contributed by atoms with Crippen molar-refractivity contribution < 1.29 is 9.18 Å². The minimum absolute atomic E-state index is 0.0464. The third-order valence-corrected chi connectivity index (χ3v) is 3.59. The number of amidine groups is 1. The average Bonchev–Trinajstić information content (AvgIpc) is 2.59. The molecule has 6 nitrogen and oxygen atoms in total. The monoisotopic (exact) mass is 353 g/mol. The highest BCUT2D eigenvalue weighted by Gasteiger charge is 2.11. The summed E-state index contributed by atoms with van der Waals surface area (Å²) in [7, 11) is 0. The lowest BCUT2D eigenvalue weighted by molar-refractivity contribution is -0.114. The van der Waals surface area contributed by atoms with Crippen LogP contribution in [0, 0.1) is 12.7 Å². The number of aryl methyl sites for hydroxylation is 1. The first-order valence-electron chi connectivity index (χ1n) is 7.87. The van der Waals surface area contributed by atoms with Gasteiger partial charge in [-0.05, 0) is 50.4 Å². The van der Waals surface area contributed by atoms with Crippen molar-refractivity contribution >= 4 is 35.7 Å². The fourth-order valence-corrected chi connectivity index (χ4v) is 2.37. The normalized spacial score (nSPS) is 12.0. The molecule has 0 spiro atoms. The van der Waals surface area contributed by atoms with Crippen LogP contribution in [-0.2, 0) is 4.79 Å². The number of nitrogen functional groups attached to an aromatic ring is 1. The van der Waals surface area contributed by atoms with E-state index >= 15 is 0 Å².